The Kier molecular flexibility index (Phi) is 1.66. The zero-order valence-electron chi connectivity index (χ0n) is 5.46. The van der Waals surface area contributed by atoms with Crippen LogP contribution in [0.4, 0.5) is 5.82 Å². The van der Waals surface area contributed by atoms with Crippen LogP contribution in [-0.2, 0) is 0 Å². The van der Waals surface area contributed by atoms with E-state index in [1.54, 1.807) is 0 Å². The molecule has 3 nitrogen and oxygen atoms in total. The van der Waals surface area contributed by atoms with E-state index in [1.165, 1.54) is 11.7 Å². The summed E-state index contributed by atoms with van der Waals surface area (Å²) in [6.45, 7) is 4.10. The van der Waals surface area contributed by atoms with Crippen molar-refractivity contribution in [2.24, 2.45) is 0 Å². The van der Waals surface area contributed by atoms with Crippen LogP contribution < -0.4 is 5.73 Å². The number of hydrogen-bond acceptors (Lipinski definition) is 4. The maximum absolute atomic E-state index is 5.48. The van der Waals surface area contributed by atoms with Crippen LogP contribution in [0, 0.1) is 0 Å². The summed E-state index contributed by atoms with van der Waals surface area (Å²) in [7, 11) is 0. The number of hydrogen-bond donors (Lipinski definition) is 1. The van der Waals surface area contributed by atoms with E-state index in [2.05, 4.69) is 8.75 Å². The maximum Gasteiger partial charge on any atom is 0.160 e. The number of nitrogen functional groups attached to an aromatic ring is 1. The number of nitrogens with two attached hydrogens (primary N) is 1. The van der Waals surface area contributed by atoms with Crippen molar-refractivity contribution in [1.29, 1.82) is 0 Å². The lowest BCUT2D eigenvalue weighted by Crippen LogP contribution is -1.94. The zero-order chi connectivity index (χ0) is 6.85. The Morgan fingerprint density at radius 2 is 2.11 bits per heavy atom. The van der Waals surface area contributed by atoms with Crippen molar-refractivity contribution in [3.8, 4) is 0 Å². The molecule has 1 heterocycles. The van der Waals surface area contributed by atoms with Crippen LogP contribution >= 0.6 is 11.7 Å². The monoisotopic (exact) mass is 143 g/mol. The molecule has 0 amide bonds. The summed E-state index contributed by atoms with van der Waals surface area (Å²) in [5.41, 5.74) is 6.39. The SMILES string of the molecule is CC(C)c1nsnc1N. The molecule has 1 aromatic rings. The standard InChI is InChI=1S/C5H9N3S/c1-3(2)4-5(6)8-9-7-4/h3H,1-2H3,(H2,6,8). The predicted molar refractivity (Wildman–Crippen MR) is 38.4 cm³/mol. The third-order valence-electron chi connectivity index (χ3n) is 1.09. The van der Waals surface area contributed by atoms with Gasteiger partial charge in [0.05, 0.1) is 11.7 Å². The van der Waals surface area contributed by atoms with Gasteiger partial charge in [-0.25, -0.2) is 0 Å². The Morgan fingerprint density at radius 1 is 1.44 bits per heavy atom. The van der Waals surface area contributed by atoms with Gasteiger partial charge in [0.15, 0.2) is 5.82 Å². The van der Waals surface area contributed by atoms with E-state index in [0.717, 1.165) is 5.69 Å². The molecule has 0 aliphatic heterocycles. The first kappa shape index (κ1) is 6.48. The van der Waals surface area contributed by atoms with Gasteiger partial charge in [0.1, 0.15) is 5.69 Å². The molecule has 50 valence electrons. The fraction of sp³-hybridized carbons (Fsp3) is 0.600. The van der Waals surface area contributed by atoms with Gasteiger partial charge >= 0.3 is 0 Å². The molecule has 0 radical (unpaired) electrons. The second-order valence-corrected chi connectivity index (χ2v) is 2.72. The minimum atomic E-state index is 0.392. The van der Waals surface area contributed by atoms with Gasteiger partial charge in [-0.15, -0.1) is 0 Å². The largest absolute Gasteiger partial charge is 0.381 e. The van der Waals surface area contributed by atoms with Gasteiger partial charge in [0, 0.05) is 5.92 Å². The Labute approximate surface area is 58.2 Å². The van der Waals surface area contributed by atoms with Gasteiger partial charge < -0.3 is 5.73 Å². The highest BCUT2D eigenvalue weighted by Gasteiger charge is 2.06. The predicted octanol–water partition coefficient (Wildman–Crippen LogP) is 1.24. The van der Waals surface area contributed by atoms with Crippen LogP contribution in [0.15, 0.2) is 0 Å². The van der Waals surface area contributed by atoms with Crippen molar-refractivity contribution in [2.45, 2.75) is 19.8 Å². The lowest BCUT2D eigenvalue weighted by molar-refractivity contribution is 0.842. The van der Waals surface area contributed by atoms with E-state index in [-0.39, 0.29) is 0 Å². The zero-order valence-corrected chi connectivity index (χ0v) is 6.27. The lowest BCUT2D eigenvalue weighted by atomic mass is 10.1. The summed E-state index contributed by atoms with van der Waals surface area (Å²) < 4.78 is 7.87. The summed E-state index contributed by atoms with van der Waals surface area (Å²) in [5.74, 6) is 0.971. The lowest BCUT2D eigenvalue weighted by Gasteiger charge is -1.96. The van der Waals surface area contributed by atoms with Crippen LogP contribution in [0.25, 0.3) is 0 Å². The first-order chi connectivity index (χ1) is 4.22. The average Bonchev–Trinajstić information content (AvgIpc) is 2.13. The van der Waals surface area contributed by atoms with E-state index in [9.17, 15) is 0 Å². The molecular formula is C5H9N3S. The second-order valence-electron chi connectivity index (χ2n) is 2.19. The summed E-state index contributed by atoms with van der Waals surface area (Å²) in [4.78, 5) is 0. The smallest absolute Gasteiger partial charge is 0.160 e. The molecule has 0 fully saturated rings. The van der Waals surface area contributed by atoms with E-state index in [0.29, 0.717) is 11.7 Å². The fourth-order valence-electron chi connectivity index (χ4n) is 0.603. The molecule has 0 saturated heterocycles. The highest BCUT2D eigenvalue weighted by molar-refractivity contribution is 6.99. The first-order valence-electron chi connectivity index (χ1n) is 2.79. The van der Waals surface area contributed by atoms with Crippen molar-refractivity contribution >= 4 is 17.5 Å². The van der Waals surface area contributed by atoms with Crippen LogP contribution in [0.2, 0.25) is 0 Å². The normalized spacial score (nSPS) is 10.6. The molecule has 0 spiro atoms. The number of nitrogens with zero attached hydrogens (tertiary/aromatic N) is 2. The molecule has 0 atom stereocenters. The summed E-state index contributed by atoms with van der Waals surface area (Å²) in [6.07, 6.45) is 0. The minimum absolute atomic E-state index is 0.392. The third kappa shape index (κ3) is 1.18. The molecule has 9 heavy (non-hydrogen) atoms. The van der Waals surface area contributed by atoms with Crippen LogP contribution in [-0.4, -0.2) is 8.75 Å². The Hall–Kier alpha value is -0.640. The molecule has 0 saturated carbocycles. The second kappa shape index (κ2) is 2.31. The fourth-order valence-corrected chi connectivity index (χ4v) is 1.22. The van der Waals surface area contributed by atoms with Gasteiger partial charge in [0.25, 0.3) is 0 Å². The topological polar surface area (TPSA) is 51.8 Å². The average molecular weight is 143 g/mol. The number of anilines is 1. The van der Waals surface area contributed by atoms with E-state index in [4.69, 9.17) is 5.73 Å². The molecule has 0 aliphatic carbocycles. The molecule has 0 aliphatic rings. The molecule has 0 aromatic carbocycles. The Bertz CT molecular complexity index is 194. The van der Waals surface area contributed by atoms with Crippen LogP contribution in [0.5, 0.6) is 0 Å². The maximum atomic E-state index is 5.48. The first-order valence-corrected chi connectivity index (χ1v) is 3.52. The highest BCUT2D eigenvalue weighted by Crippen LogP contribution is 2.17. The van der Waals surface area contributed by atoms with Crippen molar-refractivity contribution in [3.05, 3.63) is 5.69 Å². The van der Waals surface area contributed by atoms with Crippen molar-refractivity contribution in [3.63, 3.8) is 0 Å². The van der Waals surface area contributed by atoms with E-state index >= 15 is 0 Å². The Morgan fingerprint density at radius 3 is 2.33 bits per heavy atom. The van der Waals surface area contributed by atoms with Crippen molar-refractivity contribution < 1.29 is 0 Å². The molecule has 1 aromatic heterocycles. The van der Waals surface area contributed by atoms with Crippen LogP contribution in [0.1, 0.15) is 25.5 Å². The van der Waals surface area contributed by atoms with Gasteiger partial charge in [-0.3, -0.25) is 0 Å². The summed E-state index contributed by atoms with van der Waals surface area (Å²) in [6, 6.07) is 0. The van der Waals surface area contributed by atoms with Gasteiger partial charge in [-0.1, -0.05) is 13.8 Å². The molecule has 4 heteroatoms. The van der Waals surface area contributed by atoms with Crippen molar-refractivity contribution in [2.75, 3.05) is 5.73 Å². The molecule has 0 unspecified atom stereocenters. The summed E-state index contributed by atoms with van der Waals surface area (Å²) >= 11 is 1.17. The third-order valence-corrected chi connectivity index (χ3v) is 1.64. The van der Waals surface area contributed by atoms with E-state index in [1.807, 2.05) is 13.8 Å². The minimum Gasteiger partial charge on any atom is -0.381 e. The Balaban J connectivity index is 2.94. The number of aromatic nitrogens is 2. The molecule has 1 rings (SSSR count). The number of rotatable bonds is 1. The highest BCUT2D eigenvalue weighted by atomic mass is 32.1. The molecule has 2 N–H and O–H groups in total. The molecular weight excluding hydrogens is 134 g/mol. The quantitative estimate of drug-likeness (QED) is 0.643. The molecule has 0 bridgehead atoms. The van der Waals surface area contributed by atoms with Gasteiger partial charge in [-0.05, 0) is 0 Å². The van der Waals surface area contributed by atoms with Gasteiger partial charge in [-0.2, -0.15) is 8.75 Å². The van der Waals surface area contributed by atoms with Gasteiger partial charge in [0.2, 0.25) is 0 Å². The summed E-state index contributed by atoms with van der Waals surface area (Å²) in [5, 5.41) is 0. The van der Waals surface area contributed by atoms with Crippen LogP contribution in [0.3, 0.4) is 0 Å². The van der Waals surface area contributed by atoms with E-state index < -0.39 is 0 Å². The van der Waals surface area contributed by atoms with Crippen molar-refractivity contribution in [1.82, 2.24) is 8.75 Å².